The molecule has 0 amide bonds. The minimum atomic E-state index is -0.0819. The van der Waals surface area contributed by atoms with Gasteiger partial charge in [-0.25, -0.2) is 0 Å². The molecule has 0 unspecified atom stereocenters. The number of aliphatic hydroxyl groups excluding tert-OH is 1. The molecule has 148 valence electrons. The van der Waals surface area contributed by atoms with Gasteiger partial charge < -0.3 is 9.84 Å². The number of carbonyl (C=O) groups is 1. The van der Waals surface area contributed by atoms with Crippen molar-refractivity contribution in [2.45, 2.75) is 33.3 Å². The number of aryl methyl sites for hydroxylation is 2. The largest absolute Gasteiger partial charge is 0.511 e. The fourth-order valence-electron chi connectivity index (χ4n) is 5.58. The van der Waals surface area contributed by atoms with E-state index in [1.165, 1.54) is 0 Å². The fourth-order valence-corrected chi connectivity index (χ4v) is 5.58. The van der Waals surface area contributed by atoms with Crippen LogP contribution in [0.2, 0.25) is 0 Å². The molecule has 29 heavy (non-hydrogen) atoms. The molecule has 0 aromatic heterocycles. The van der Waals surface area contributed by atoms with E-state index in [0.717, 1.165) is 40.8 Å². The minimum Gasteiger partial charge on any atom is -0.511 e. The van der Waals surface area contributed by atoms with Crippen molar-refractivity contribution in [3.05, 3.63) is 82.6 Å². The predicted molar refractivity (Wildman–Crippen MR) is 114 cm³/mol. The summed E-state index contributed by atoms with van der Waals surface area (Å²) in [5, 5.41) is 11.1. The van der Waals surface area contributed by atoms with E-state index in [0.29, 0.717) is 23.9 Å². The second-order valence-corrected chi connectivity index (χ2v) is 8.67. The molecule has 0 saturated heterocycles. The Hall–Kier alpha value is -2.81. The Kier molecular flexibility index (Phi) is 4.34. The van der Waals surface area contributed by atoms with Crippen LogP contribution < -0.4 is 4.74 Å². The van der Waals surface area contributed by atoms with Crippen LogP contribution in [0.3, 0.4) is 0 Å². The van der Waals surface area contributed by atoms with Gasteiger partial charge >= 0.3 is 0 Å². The monoisotopic (exact) mass is 386 g/mol. The van der Waals surface area contributed by atoms with E-state index >= 15 is 0 Å². The van der Waals surface area contributed by atoms with Crippen molar-refractivity contribution >= 4 is 11.4 Å². The van der Waals surface area contributed by atoms with Crippen LogP contribution in [0.5, 0.6) is 5.75 Å². The molecule has 2 bridgehead atoms. The summed E-state index contributed by atoms with van der Waals surface area (Å²) >= 11 is 0. The van der Waals surface area contributed by atoms with Crippen LogP contribution in [0.15, 0.2) is 60.4 Å². The van der Waals surface area contributed by atoms with Crippen LogP contribution >= 0.6 is 0 Å². The molecule has 0 radical (unpaired) electrons. The minimum absolute atomic E-state index is 0.0333. The first-order valence-electron chi connectivity index (χ1n) is 10.5. The number of benzene rings is 2. The molecular weight excluding hydrogens is 360 g/mol. The highest BCUT2D eigenvalue weighted by Crippen LogP contribution is 2.54. The van der Waals surface area contributed by atoms with Gasteiger partial charge in [-0.1, -0.05) is 42.5 Å². The third-order valence-corrected chi connectivity index (χ3v) is 6.87. The summed E-state index contributed by atoms with van der Waals surface area (Å²) in [6.07, 6.45) is 6.53. The molecule has 6 rings (SSSR count). The van der Waals surface area contributed by atoms with E-state index in [1.54, 1.807) is 0 Å². The van der Waals surface area contributed by atoms with Crippen LogP contribution in [0.4, 0.5) is 0 Å². The van der Waals surface area contributed by atoms with Gasteiger partial charge in [0, 0.05) is 11.8 Å². The highest BCUT2D eigenvalue weighted by atomic mass is 16.5. The molecule has 0 aliphatic heterocycles. The average molecular weight is 386 g/mol. The lowest BCUT2D eigenvalue weighted by molar-refractivity contribution is -0.120. The predicted octanol–water partition coefficient (Wildman–Crippen LogP) is 5.56. The number of aliphatic hydroxyl groups is 1. The Morgan fingerprint density at radius 1 is 0.966 bits per heavy atom. The molecule has 4 aliphatic carbocycles. The van der Waals surface area contributed by atoms with E-state index in [9.17, 15) is 9.90 Å². The molecule has 2 aromatic carbocycles. The molecule has 1 N–H and O–H groups in total. The number of allylic oxidation sites excluding steroid dienone is 4. The molecule has 4 aliphatic rings. The van der Waals surface area contributed by atoms with Crippen LogP contribution in [-0.2, 0) is 11.4 Å². The summed E-state index contributed by atoms with van der Waals surface area (Å²) in [5.74, 6) is 1.67. The summed E-state index contributed by atoms with van der Waals surface area (Å²) in [7, 11) is 0. The van der Waals surface area contributed by atoms with Gasteiger partial charge in [-0.15, -0.1) is 0 Å². The van der Waals surface area contributed by atoms with Gasteiger partial charge in [-0.2, -0.15) is 0 Å². The highest BCUT2D eigenvalue weighted by Gasteiger charge is 2.53. The van der Waals surface area contributed by atoms with Crippen molar-refractivity contribution in [3.8, 4) is 5.75 Å². The number of hydrogen-bond acceptors (Lipinski definition) is 3. The third kappa shape index (κ3) is 2.91. The van der Waals surface area contributed by atoms with Crippen molar-refractivity contribution in [2.75, 3.05) is 0 Å². The normalized spacial score (nSPS) is 27.4. The molecule has 1 saturated carbocycles. The molecule has 0 spiro atoms. The lowest BCUT2D eigenvalue weighted by Gasteiger charge is -2.40. The third-order valence-electron chi connectivity index (χ3n) is 6.87. The van der Waals surface area contributed by atoms with Gasteiger partial charge in [0.05, 0.1) is 5.57 Å². The number of hydrogen-bond donors (Lipinski definition) is 1. The van der Waals surface area contributed by atoms with Crippen molar-refractivity contribution in [3.63, 3.8) is 0 Å². The maximum absolute atomic E-state index is 13.4. The Morgan fingerprint density at radius 2 is 1.59 bits per heavy atom. The molecule has 1 fully saturated rings. The first-order valence-corrected chi connectivity index (χ1v) is 10.5. The van der Waals surface area contributed by atoms with E-state index in [2.05, 4.69) is 12.2 Å². The van der Waals surface area contributed by atoms with Crippen LogP contribution in [-0.4, -0.2) is 10.9 Å². The lowest BCUT2D eigenvalue weighted by Crippen LogP contribution is -2.38. The van der Waals surface area contributed by atoms with E-state index < -0.39 is 0 Å². The number of carbonyl (C=O) groups excluding carboxylic acids is 1. The summed E-state index contributed by atoms with van der Waals surface area (Å²) in [5.41, 5.74) is 4.49. The van der Waals surface area contributed by atoms with Gasteiger partial charge in [-0.05, 0) is 72.9 Å². The van der Waals surface area contributed by atoms with E-state index in [1.807, 2.05) is 56.3 Å². The SMILES string of the molecule is Cc1cc(OCc2ccccc2)cc(C)c1C1=C(O)[C@@H]2[C@H](C1=O)[C@H]1C=C[C@@H]2CC1. The lowest BCUT2D eigenvalue weighted by atomic mass is 9.63. The Bertz CT molecular complexity index is 1010. The smallest absolute Gasteiger partial charge is 0.171 e. The summed E-state index contributed by atoms with van der Waals surface area (Å²) in [6, 6.07) is 14.0. The van der Waals surface area contributed by atoms with Crippen molar-refractivity contribution in [1.82, 2.24) is 0 Å². The van der Waals surface area contributed by atoms with Gasteiger partial charge in [0.15, 0.2) is 5.78 Å². The maximum atomic E-state index is 13.4. The van der Waals surface area contributed by atoms with Gasteiger partial charge in [0.25, 0.3) is 0 Å². The quantitative estimate of drug-likeness (QED) is 0.700. The molecule has 3 heteroatoms. The average Bonchev–Trinajstić information content (AvgIpc) is 3.01. The second-order valence-electron chi connectivity index (χ2n) is 8.67. The second kappa shape index (κ2) is 6.91. The van der Waals surface area contributed by atoms with Crippen molar-refractivity contribution in [2.24, 2.45) is 23.7 Å². The number of ketones is 1. The van der Waals surface area contributed by atoms with Crippen molar-refractivity contribution < 1.29 is 14.6 Å². The summed E-state index contributed by atoms with van der Waals surface area (Å²) in [4.78, 5) is 13.4. The topological polar surface area (TPSA) is 46.5 Å². The first-order chi connectivity index (χ1) is 14.0. The number of ether oxygens (including phenoxy) is 1. The van der Waals surface area contributed by atoms with Gasteiger partial charge in [-0.3, -0.25) is 4.79 Å². The van der Waals surface area contributed by atoms with Gasteiger partial charge in [0.2, 0.25) is 0 Å². The number of Topliss-reactive ketones (excluding diaryl/α,β-unsaturated/α-hetero) is 1. The first kappa shape index (κ1) is 18.2. The zero-order valence-corrected chi connectivity index (χ0v) is 16.9. The molecular formula is C26H26O3. The maximum Gasteiger partial charge on any atom is 0.171 e. The molecule has 2 aromatic rings. The van der Waals surface area contributed by atoms with E-state index in [4.69, 9.17) is 4.74 Å². The Balaban J connectivity index is 1.46. The van der Waals surface area contributed by atoms with Crippen LogP contribution in [0.1, 0.15) is 35.1 Å². The zero-order valence-electron chi connectivity index (χ0n) is 16.9. The standard InChI is InChI=1S/C26H26O3/c1-15-12-20(29-14-17-6-4-3-5-7-17)13-16(2)21(15)24-25(27)22-18-8-9-19(11-10-18)23(22)26(24)28/h3-9,12-13,18-19,22-23,27H,10-11,14H2,1-2H3/t18-,19+,22+,23-/m1/s1. The summed E-state index contributed by atoms with van der Waals surface area (Å²) < 4.78 is 5.99. The molecule has 4 atom stereocenters. The fraction of sp³-hybridized carbons (Fsp3) is 0.346. The molecule has 0 heterocycles. The summed E-state index contributed by atoms with van der Waals surface area (Å²) in [6.45, 7) is 4.51. The highest BCUT2D eigenvalue weighted by molar-refractivity contribution is 6.25. The van der Waals surface area contributed by atoms with Gasteiger partial charge in [0.1, 0.15) is 18.1 Å². The Morgan fingerprint density at radius 3 is 2.17 bits per heavy atom. The van der Waals surface area contributed by atoms with Crippen molar-refractivity contribution in [1.29, 1.82) is 0 Å². The zero-order chi connectivity index (χ0) is 20.1. The number of rotatable bonds is 4. The van der Waals surface area contributed by atoms with Crippen LogP contribution in [0.25, 0.3) is 5.57 Å². The number of fused-ring (bicyclic) bond motifs is 1. The van der Waals surface area contributed by atoms with Crippen LogP contribution in [0, 0.1) is 37.5 Å². The Labute approximate surface area is 171 Å². The van der Waals surface area contributed by atoms with E-state index in [-0.39, 0.29) is 23.5 Å². The molecule has 3 nitrogen and oxygen atoms in total.